The lowest BCUT2D eigenvalue weighted by atomic mass is 9.93. The second kappa shape index (κ2) is 6.13. The highest BCUT2D eigenvalue weighted by molar-refractivity contribution is 6.17. The van der Waals surface area contributed by atoms with Crippen LogP contribution in [0.25, 0.3) is 0 Å². The molecule has 1 saturated heterocycles. The number of hydrogen-bond acceptors (Lipinski definition) is 2. The van der Waals surface area contributed by atoms with Gasteiger partial charge in [0.25, 0.3) is 0 Å². The number of halogens is 1. The van der Waals surface area contributed by atoms with Crippen molar-refractivity contribution in [2.75, 3.05) is 11.4 Å². The number of piperidine rings is 1. The van der Waals surface area contributed by atoms with Gasteiger partial charge in [0.15, 0.2) is 0 Å². The van der Waals surface area contributed by atoms with E-state index in [2.05, 4.69) is 44.7 Å². The van der Waals surface area contributed by atoms with Gasteiger partial charge >= 0.3 is 0 Å². The Kier molecular flexibility index (Phi) is 4.72. The zero-order chi connectivity index (χ0) is 14.0. The van der Waals surface area contributed by atoms with Gasteiger partial charge in [-0.3, -0.25) is 0 Å². The molecule has 19 heavy (non-hydrogen) atoms. The Morgan fingerprint density at radius 2 is 2.11 bits per heavy atom. The van der Waals surface area contributed by atoms with Crippen LogP contribution in [0.3, 0.4) is 0 Å². The second-order valence-electron chi connectivity index (χ2n) is 6.22. The first-order valence-electron chi connectivity index (χ1n) is 7.34. The summed E-state index contributed by atoms with van der Waals surface area (Å²) in [5.74, 6) is 2.95. The molecule has 0 aliphatic carbocycles. The van der Waals surface area contributed by atoms with Crippen molar-refractivity contribution < 1.29 is 0 Å². The zero-order valence-corrected chi connectivity index (χ0v) is 13.2. The minimum absolute atomic E-state index is 0.445. The van der Waals surface area contributed by atoms with Crippen molar-refractivity contribution in [1.29, 1.82) is 0 Å². The topological polar surface area (TPSA) is 16.1 Å². The molecule has 3 heteroatoms. The number of hydrogen-bond donors (Lipinski definition) is 0. The van der Waals surface area contributed by atoms with E-state index in [-0.39, 0.29) is 0 Å². The number of nitrogens with zero attached hydrogens (tertiary/aromatic N) is 2. The number of aromatic nitrogens is 1. The summed E-state index contributed by atoms with van der Waals surface area (Å²) in [6.45, 7) is 10.1. The maximum absolute atomic E-state index is 6.03. The van der Waals surface area contributed by atoms with Gasteiger partial charge in [-0.2, -0.15) is 0 Å². The van der Waals surface area contributed by atoms with Crippen LogP contribution < -0.4 is 4.90 Å². The monoisotopic (exact) mass is 280 g/mol. The van der Waals surface area contributed by atoms with Crippen molar-refractivity contribution in [3.05, 3.63) is 23.4 Å². The Bertz CT molecular complexity index is 431. The summed E-state index contributed by atoms with van der Waals surface area (Å²) in [5.41, 5.74) is 2.33. The van der Waals surface area contributed by atoms with Crippen molar-refractivity contribution in [2.24, 2.45) is 5.92 Å². The third-order valence-electron chi connectivity index (χ3n) is 4.07. The summed E-state index contributed by atoms with van der Waals surface area (Å²) in [6.07, 6.45) is 2.51. The number of rotatable bonds is 3. The van der Waals surface area contributed by atoms with E-state index >= 15 is 0 Å². The molecular weight excluding hydrogens is 256 g/mol. The minimum Gasteiger partial charge on any atom is -0.354 e. The number of pyridine rings is 1. The largest absolute Gasteiger partial charge is 0.354 e. The standard InChI is InChI=1S/C16H25ClN2/c1-11(2)15-8-14(10-17)9-16(18-15)19-6-5-12(3)7-13(19)4/h8-9,11-13H,5-7,10H2,1-4H3. The molecule has 1 aliphatic rings. The lowest BCUT2D eigenvalue weighted by Crippen LogP contribution is -2.40. The molecule has 2 nitrogen and oxygen atoms in total. The highest BCUT2D eigenvalue weighted by atomic mass is 35.5. The molecule has 1 aromatic rings. The van der Waals surface area contributed by atoms with E-state index in [1.807, 2.05) is 0 Å². The highest BCUT2D eigenvalue weighted by Gasteiger charge is 2.24. The van der Waals surface area contributed by atoms with E-state index in [9.17, 15) is 0 Å². The Labute approximate surface area is 122 Å². The van der Waals surface area contributed by atoms with Crippen molar-refractivity contribution in [1.82, 2.24) is 4.98 Å². The quantitative estimate of drug-likeness (QED) is 0.754. The van der Waals surface area contributed by atoms with Gasteiger partial charge in [0.2, 0.25) is 0 Å². The summed E-state index contributed by atoms with van der Waals surface area (Å²) in [5, 5.41) is 0. The fourth-order valence-corrected chi connectivity index (χ4v) is 3.02. The minimum atomic E-state index is 0.445. The summed E-state index contributed by atoms with van der Waals surface area (Å²) >= 11 is 6.03. The Morgan fingerprint density at radius 1 is 1.37 bits per heavy atom. The maximum Gasteiger partial charge on any atom is 0.129 e. The average molecular weight is 281 g/mol. The van der Waals surface area contributed by atoms with E-state index in [1.54, 1.807) is 0 Å². The van der Waals surface area contributed by atoms with Crippen LogP contribution in [0.5, 0.6) is 0 Å². The van der Waals surface area contributed by atoms with Crippen LogP contribution >= 0.6 is 11.6 Å². The van der Waals surface area contributed by atoms with E-state index in [0.29, 0.717) is 17.8 Å². The Morgan fingerprint density at radius 3 is 2.68 bits per heavy atom. The van der Waals surface area contributed by atoms with Gasteiger partial charge in [-0.05, 0) is 49.3 Å². The van der Waals surface area contributed by atoms with Crippen molar-refractivity contribution >= 4 is 17.4 Å². The van der Waals surface area contributed by atoms with E-state index in [4.69, 9.17) is 16.6 Å². The van der Waals surface area contributed by atoms with Gasteiger partial charge in [0.05, 0.1) is 0 Å². The molecule has 0 radical (unpaired) electrons. The molecular formula is C16H25ClN2. The second-order valence-corrected chi connectivity index (χ2v) is 6.49. The van der Waals surface area contributed by atoms with Gasteiger partial charge in [-0.1, -0.05) is 20.8 Å². The Hall–Kier alpha value is -0.760. The van der Waals surface area contributed by atoms with Crippen LogP contribution in [0.1, 0.15) is 57.7 Å². The molecule has 2 heterocycles. The van der Waals surface area contributed by atoms with Gasteiger partial charge in [0, 0.05) is 24.2 Å². The van der Waals surface area contributed by atoms with Crippen molar-refractivity contribution in [3.8, 4) is 0 Å². The first-order valence-corrected chi connectivity index (χ1v) is 7.88. The van der Waals surface area contributed by atoms with Crippen LogP contribution in [-0.2, 0) is 5.88 Å². The Balaban J connectivity index is 2.30. The molecule has 2 rings (SSSR count). The maximum atomic E-state index is 6.03. The summed E-state index contributed by atoms with van der Waals surface area (Å²) < 4.78 is 0. The molecule has 0 N–H and O–H groups in total. The molecule has 106 valence electrons. The normalized spacial score (nSPS) is 24.0. The highest BCUT2D eigenvalue weighted by Crippen LogP contribution is 2.29. The third-order valence-corrected chi connectivity index (χ3v) is 4.38. The fraction of sp³-hybridized carbons (Fsp3) is 0.688. The van der Waals surface area contributed by atoms with Crippen LogP contribution in [0.15, 0.2) is 12.1 Å². The average Bonchev–Trinajstić information content (AvgIpc) is 2.38. The third kappa shape index (κ3) is 3.42. The summed E-state index contributed by atoms with van der Waals surface area (Å²) in [6, 6.07) is 4.87. The molecule has 0 bridgehead atoms. The number of alkyl halides is 1. The number of anilines is 1. The zero-order valence-electron chi connectivity index (χ0n) is 12.5. The summed E-state index contributed by atoms with van der Waals surface area (Å²) in [7, 11) is 0. The van der Waals surface area contributed by atoms with Crippen LogP contribution in [-0.4, -0.2) is 17.6 Å². The van der Waals surface area contributed by atoms with Crippen molar-refractivity contribution in [2.45, 2.75) is 58.4 Å². The molecule has 0 amide bonds. The van der Waals surface area contributed by atoms with E-state index in [0.717, 1.165) is 24.0 Å². The SMILES string of the molecule is CC1CCN(c2cc(CCl)cc(C(C)C)n2)C(C)C1. The molecule has 0 saturated carbocycles. The molecule has 1 aromatic heterocycles. The molecule has 2 atom stereocenters. The summed E-state index contributed by atoms with van der Waals surface area (Å²) in [4.78, 5) is 7.29. The van der Waals surface area contributed by atoms with Gasteiger partial charge < -0.3 is 4.90 Å². The van der Waals surface area contributed by atoms with Crippen LogP contribution in [0, 0.1) is 5.92 Å². The molecule has 0 spiro atoms. The van der Waals surface area contributed by atoms with E-state index in [1.165, 1.54) is 18.4 Å². The molecule has 1 aliphatic heterocycles. The predicted molar refractivity (Wildman–Crippen MR) is 83.1 cm³/mol. The molecule has 1 fully saturated rings. The first-order chi connectivity index (χ1) is 9.01. The predicted octanol–water partition coefficient (Wildman–Crippen LogP) is 4.57. The van der Waals surface area contributed by atoms with E-state index < -0.39 is 0 Å². The van der Waals surface area contributed by atoms with Crippen LogP contribution in [0.2, 0.25) is 0 Å². The lowest BCUT2D eigenvalue weighted by Gasteiger charge is -2.37. The van der Waals surface area contributed by atoms with Crippen molar-refractivity contribution in [3.63, 3.8) is 0 Å². The molecule has 2 unspecified atom stereocenters. The lowest BCUT2D eigenvalue weighted by molar-refractivity contribution is 0.375. The van der Waals surface area contributed by atoms with Gasteiger partial charge in [-0.25, -0.2) is 4.98 Å². The smallest absolute Gasteiger partial charge is 0.129 e. The van der Waals surface area contributed by atoms with Gasteiger partial charge in [0.1, 0.15) is 5.82 Å². The van der Waals surface area contributed by atoms with Gasteiger partial charge in [-0.15, -0.1) is 11.6 Å². The fourth-order valence-electron chi connectivity index (χ4n) is 2.86. The molecule has 0 aromatic carbocycles. The van der Waals surface area contributed by atoms with Crippen LogP contribution in [0.4, 0.5) is 5.82 Å². The first kappa shape index (κ1) is 14.6.